The van der Waals surface area contributed by atoms with Crippen molar-refractivity contribution >= 4 is 0 Å². The maximum absolute atomic E-state index is 11.1. The van der Waals surface area contributed by atoms with Crippen molar-refractivity contribution in [3.05, 3.63) is 35.9 Å². The highest BCUT2D eigenvalue weighted by atomic mass is 16.3. The first-order valence-electron chi connectivity index (χ1n) is 7.94. The lowest BCUT2D eigenvalue weighted by Crippen LogP contribution is -2.50. The van der Waals surface area contributed by atoms with Crippen LogP contribution in [0.1, 0.15) is 44.6 Å². The van der Waals surface area contributed by atoms with Gasteiger partial charge in [0, 0.05) is 12.0 Å². The van der Waals surface area contributed by atoms with E-state index in [1.165, 1.54) is 12.0 Å². The molecule has 0 aliphatic heterocycles. The topological polar surface area (TPSA) is 40.5 Å². The number of rotatable bonds is 3. The fourth-order valence-corrected chi connectivity index (χ4v) is 4.67. The lowest BCUT2D eigenvalue weighted by molar-refractivity contribution is -0.119. The molecule has 2 heteroatoms. The van der Waals surface area contributed by atoms with Crippen LogP contribution in [-0.2, 0) is 6.42 Å². The van der Waals surface area contributed by atoms with E-state index in [2.05, 4.69) is 37.3 Å². The van der Waals surface area contributed by atoms with Crippen molar-refractivity contribution in [3.8, 4) is 0 Å². The normalized spacial score (nSPS) is 40.5. The molecule has 0 bridgehead atoms. The van der Waals surface area contributed by atoms with Crippen molar-refractivity contribution in [2.24, 2.45) is 17.3 Å². The van der Waals surface area contributed by atoms with Gasteiger partial charge >= 0.3 is 0 Å². The van der Waals surface area contributed by atoms with Gasteiger partial charge in [0.2, 0.25) is 0 Å². The Labute approximate surface area is 121 Å². The molecule has 110 valence electrons. The first-order chi connectivity index (χ1) is 9.57. The molecule has 0 amide bonds. The maximum atomic E-state index is 11.1. The molecule has 20 heavy (non-hydrogen) atoms. The molecule has 3 rings (SSSR count). The maximum Gasteiger partial charge on any atom is 0.0707 e. The Balaban J connectivity index is 1.72. The number of hydrogen-bond acceptors (Lipinski definition) is 2. The van der Waals surface area contributed by atoms with Crippen molar-refractivity contribution < 1.29 is 10.2 Å². The molecule has 0 spiro atoms. The van der Waals surface area contributed by atoms with Gasteiger partial charge in [-0.1, -0.05) is 37.3 Å². The summed E-state index contributed by atoms with van der Waals surface area (Å²) in [7, 11) is 0. The van der Waals surface area contributed by atoms with Crippen LogP contribution in [0.3, 0.4) is 0 Å². The second-order valence-electron chi connectivity index (χ2n) is 7.17. The van der Waals surface area contributed by atoms with Crippen LogP contribution in [0.2, 0.25) is 0 Å². The van der Waals surface area contributed by atoms with Crippen molar-refractivity contribution in [1.29, 1.82) is 0 Å². The zero-order valence-electron chi connectivity index (χ0n) is 12.4. The van der Waals surface area contributed by atoms with Gasteiger partial charge in [-0.05, 0) is 55.9 Å². The smallest absolute Gasteiger partial charge is 0.0707 e. The summed E-state index contributed by atoms with van der Waals surface area (Å²) in [6.07, 6.45) is 6.02. The molecule has 2 N–H and O–H groups in total. The molecule has 1 aromatic rings. The SMILES string of the molecule is C[C@]12CC[C@@H](Cc3ccccc3)C[C@@]1(O)CC[C@@H]2CO. The minimum Gasteiger partial charge on any atom is -0.396 e. The lowest BCUT2D eigenvalue weighted by atomic mass is 9.59. The molecule has 0 radical (unpaired) electrons. The van der Waals surface area contributed by atoms with Crippen LogP contribution in [0.4, 0.5) is 0 Å². The van der Waals surface area contributed by atoms with Crippen LogP contribution < -0.4 is 0 Å². The number of aliphatic hydroxyl groups excluding tert-OH is 1. The van der Waals surface area contributed by atoms with E-state index >= 15 is 0 Å². The Kier molecular flexibility index (Phi) is 3.64. The molecular weight excluding hydrogens is 248 g/mol. The lowest BCUT2D eigenvalue weighted by Gasteiger charge is -2.49. The van der Waals surface area contributed by atoms with Gasteiger partial charge in [-0.2, -0.15) is 0 Å². The predicted molar refractivity (Wildman–Crippen MR) is 80.4 cm³/mol. The molecule has 2 fully saturated rings. The average molecular weight is 274 g/mol. The van der Waals surface area contributed by atoms with Crippen LogP contribution in [0.15, 0.2) is 30.3 Å². The summed E-state index contributed by atoms with van der Waals surface area (Å²) in [6.45, 7) is 2.42. The standard InChI is InChI=1S/C18H26O2/c1-17-9-7-15(11-14-5-3-2-4-6-14)12-18(17,20)10-8-16(17)13-19/h2-6,15-16,19-20H,7-13H2,1H3/t15-,16+,17+,18-/m0/s1. The van der Waals surface area contributed by atoms with Crippen LogP contribution in [0.5, 0.6) is 0 Å². The Bertz CT molecular complexity index is 458. The summed E-state index contributed by atoms with van der Waals surface area (Å²) in [4.78, 5) is 0. The van der Waals surface area contributed by atoms with E-state index in [0.29, 0.717) is 5.92 Å². The van der Waals surface area contributed by atoms with Gasteiger partial charge in [-0.3, -0.25) is 0 Å². The number of fused-ring (bicyclic) bond motifs is 1. The van der Waals surface area contributed by atoms with Crippen molar-refractivity contribution in [2.45, 2.75) is 51.0 Å². The molecule has 0 unspecified atom stereocenters. The highest BCUT2D eigenvalue weighted by molar-refractivity contribution is 5.17. The first-order valence-corrected chi connectivity index (χ1v) is 7.94. The third-order valence-electron chi connectivity index (χ3n) is 6.16. The van der Waals surface area contributed by atoms with Crippen LogP contribution in [0.25, 0.3) is 0 Å². The average Bonchev–Trinajstić information content (AvgIpc) is 2.71. The molecule has 1 aromatic carbocycles. The summed E-state index contributed by atoms with van der Waals surface area (Å²) in [5.41, 5.74) is 0.744. The molecular formula is C18H26O2. The van der Waals surface area contributed by atoms with Gasteiger partial charge in [-0.15, -0.1) is 0 Å². The zero-order valence-corrected chi connectivity index (χ0v) is 12.4. The molecule has 2 saturated carbocycles. The Hall–Kier alpha value is -0.860. The second-order valence-corrected chi connectivity index (χ2v) is 7.17. The summed E-state index contributed by atoms with van der Waals surface area (Å²) >= 11 is 0. The van der Waals surface area contributed by atoms with E-state index in [1.807, 2.05) is 0 Å². The third kappa shape index (κ3) is 2.19. The van der Waals surface area contributed by atoms with Gasteiger partial charge in [0.1, 0.15) is 0 Å². The van der Waals surface area contributed by atoms with Crippen molar-refractivity contribution in [1.82, 2.24) is 0 Å². The first kappa shape index (κ1) is 14.1. The van der Waals surface area contributed by atoms with Crippen LogP contribution in [0, 0.1) is 17.3 Å². The number of aliphatic hydroxyl groups is 2. The minimum absolute atomic E-state index is 0.0745. The van der Waals surface area contributed by atoms with E-state index in [-0.39, 0.29) is 17.9 Å². The fraction of sp³-hybridized carbons (Fsp3) is 0.667. The van der Waals surface area contributed by atoms with Gasteiger partial charge in [0.15, 0.2) is 0 Å². The molecule has 4 atom stereocenters. The zero-order chi connectivity index (χ0) is 14.2. The predicted octanol–water partition coefficient (Wildman–Crippen LogP) is 3.17. The molecule has 2 aliphatic rings. The molecule has 2 aliphatic carbocycles. The van der Waals surface area contributed by atoms with E-state index < -0.39 is 5.60 Å². The van der Waals surface area contributed by atoms with Crippen LogP contribution in [-0.4, -0.2) is 22.4 Å². The van der Waals surface area contributed by atoms with Gasteiger partial charge in [-0.25, -0.2) is 0 Å². The van der Waals surface area contributed by atoms with Gasteiger partial charge in [0.05, 0.1) is 5.60 Å². The summed E-state index contributed by atoms with van der Waals surface area (Å²) in [6, 6.07) is 10.6. The third-order valence-corrected chi connectivity index (χ3v) is 6.16. The molecule has 2 nitrogen and oxygen atoms in total. The Morgan fingerprint density at radius 2 is 1.90 bits per heavy atom. The quantitative estimate of drug-likeness (QED) is 0.889. The fourth-order valence-electron chi connectivity index (χ4n) is 4.67. The summed E-state index contributed by atoms with van der Waals surface area (Å²) in [5.74, 6) is 0.859. The Morgan fingerprint density at radius 1 is 1.15 bits per heavy atom. The minimum atomic E-state index is -0.557. The van der Waals surface area contributed by atoms with Gasteiger partial charge < -0.3 is 10.2 Å². The summed E-state index contributed by atoms with van der Waals surface area (Å²) in [5, 5.41) is 20.7. The highest BCUT2D eigenvalue weighted by Crippen LogP contribution is 2.59. The number of hydrogen-bond donors (Lipinski definition) is 2. The molecule has 0 aromatic heterocycles. The highest BCUT2D eigenvalue weighted by Gasteiger charge is 2.58. The van der Waals surface area contributed by atoms with Crippen molar-refractivity contribution in [2.75, 3.05) is 6.61 Å². The van der Waals surface area contributed by atoms with Crippen LogP contribution >= 0.6 is 0 Å². The molecule has 0 heterocycles. The second kappa shape index (κ2) is 5.16. The largest absolute Gasteiger partial charge is 0.396 e. The van der Waals surface area contributed by atoms with Crippen molar-refractivity contribution in [3.63, 3.8) is 0 Å². The van der Waals surface area contributed by atoms with Gasteiger partial charge in [0.25, 0.3) is 0 Å². The number of benzene rings is 1. The summed E-state index contributed by atoms with van der Waals surface area (Å²) < 4.78 is 0. The van der Waals surface area contributed by atoms with E-state index in [4.69, 9.17) is 0 Å². The monoisotopic (exact) mass is 274 g/mol. The van der Waals surface area contributed by atoms with E-state index in [0.717, 1.165) is 32.1 Å². The van der Waals surface area contributed by atoms with E-state index in [1.54, 1.807) is 0 Å². The van der Waals surface area contributed by atoms with E-state index in [9.17, 15) is 10.2 Å². The molecule has 0 saturated heterocycles. The Morgan fingerprint density at radius 3 is 2.60 bits per heavy atom.